The number of nitrogens with one attached hydrogen (secondary N) is 1. The van der Waals surface area contributed by atoms with Crippen molar-refractivity contribution in [3.8, 4) is 34.3 Å². The number of hydrogen-bond donors (Lipinski definition) is 1. The van der Waals surface area contributed by atoms with Gasteiger partial charge in [0.2, 0.25) is 5.43 Å². The van der Waals surface area contributed by atoms with Crippen molar-refractivity contribution in [2.24, 2.45) is 7.05 Å². The molecule has 9 nitrogen and oxygen atoms in total. The number of ether oxygens (including phenoxy) is 3. The normalized spacial score (nSPS) is 10.9. The van der Waals surface area contributed by atoms with E-state index in [1.165, 1.54) is 56.3 Å². The second-order valence-electron chi connectivity index (χ2n) is 8.90. The fourth-order valence-electron chi connectivity index (χ4n) is 4.33. The Labute approximate surface area is 233 Å². The van der Waals surface area contributed by atoms with Gasteiger partial charge in [0.25, 0.3) is 11.8 Å². The minimum Gasteiger partial charge on any atom is -0.491 e. The van der Waals surface area contributed by atoms with Crippen LogP contribution in [-0.4, -0.2) is 34.7 Å². The zero-order valence-corrected chi connectivity index (χ0v) is 22.3. The maximum atomic E-state index is 13.9. The summed E-state index contributed by atoms with van der Waals surface area (Å²) in [5.74, 6) is 0.416. The lowest BCUT2D eigenvalue weighted by atomic mass is 10.0. The maximum Gasteiger partial charge on any atom is 0.261 e. The lowest BCUT2D eigenvalue weighted by Gasteiger charge is -2.15. The number of hydrogen-bond acceptors (Lipinski definition) is 7. The summed E-state index contributed by atoms with van der Waals surface area (Å²) in [6.07, 6.45) is 2.86. The van der Waals surface area contributed by atoms with Crippen LogP contribution in [0.4, 0.5) is 14.5 Å². The Balaban J connectivity index is 1.39. The molecule has 208 valence electrons. The van der Waals surface area contributed by atoms with Crippen LogP contribution in [0.2, 0.25) is 0 Å². The molecule has 1 N–H and O–H groups in total. The fraction of sp³-hybridized carbons (Fsp3) is 0.133. The molecule has 3 aromatic heterocycles. The Morgan fingerprint density at radius 3 is 2.39 bits per heavy atom. The number of amides is 1. The second kappa shape index (κ2) is 11.4. The summed E-state index contributed by atoms with van der Waals surface area (Å²) in [4.78, 5) is 35.2. The molecule has 2 aromatic carbocycles. The molecular formula is C30H24F2N4O5. The van der Waals surface area contributed by atoms with E-state index in [9.17, 15) is 18.4 Å². The number of carbonyl (C=O) groups excluding carboxylic acids is 1. The number of pyridine rings is 3. The molecule has 0 radical (unpaired) electrons. The van der Waals surface area contributed by atoms with Crippen LogP contribution in [0.25, 0.3) is 22.2 Å². The highest BCUT2D eigenvalue weighted by Crippen LogP contribution is 2.34. The van der Waals surface area contributed by atoms with Gasteiger partial charge in [0.1, 0.15) is 29.3 Å². The minimum atomic E-state index is -0.940. The van der Waals surface area contributed by atoms with Crippen molar-refractivity contribution in [1.82, 2.24) is 14.5 Å². The summed E-state index contributed by atoms with van der Waals surface area (Å²) in [7, 11) is 4.52. The van der Waals surface area contributed by atoms with Gasteiger partial charge in [-0.2, -0.15) is 0 Å². The average molecular weight is 559 g/mol. The Bertz CT molecular complexity index is 1810. The highest BCUT2D eigenvalue weighted by molar-refractivity contribution is 6.04. The van der Waals surface area contributed by atoms with Crippen molar-refractivity contribution in [2.75, 3.05) is 19.5 Å². The van der Waals surface area contributed by atoms with Crippen LogP contribution in [0.15, 0.2) is 77.9 Å². The molecule has 0 bridgehead atoms. The van der Waals surface area contributed by atoms with Crippen LogP contribution in [0.1, 0.15) is 16.1 Å². The predicted molar refractivity (Wildman–Crippen MR) is 149 cm³/mol. The smallest absolute Gasteiger partial charge is 0.261 e. The van der Waals surface area contributed by atoms with Crippen molar-refractivity contribution >= 4 is 22.6 Å². The summed E-state index contributed by atoms with van der Waals surface area (Å²) in [6, 6.07) is 14.9. The van der Waals surface area contributed by atoms with E-state index in [1.807, 2.05) is 0 Å². The van der Waals surface area contributed by atoms with E-state index < -0.39 is 23.8 Å². The van der Waals surface area contributed by atoms with Gasteiger partial charge in [-0.25, -0.2) is 13.8 Å². The lowest BCUT2D eigenvalue weighted by molar-refractivity contribution is 0.102. The Morgan fingerprint density at radius 2 is 1.73 bits per heavy atom. The van der Waals surface area contributed by atoms with E-state index in [2.05, 4.69) is 15.3 Å². The van der Waals surface area contributed by atoms with E-state index >= 15 is 0 Å². The van der Waals surface area contributed by atoms with Crippen molar-refractivity contribution in [3.63, 3.8) is 0 Å². The van der Waals surface area contributed by atoms with Gasteiger partial charge in [-0.1, -0.05) is 12.1 Å². The van der Waals surface area contributed by atoms with E-state index in [-0.39, 0.29) is 22.7 Å². The number of aryl methyl sites for hydroxylation is 1. The molecule has 5 aromatic rings. The monoisotopic (exact) mass is 558 g/mol. The third-order valence-electron chi connectivity index (χ3n) is 6.37. The molecule has 5 rings (SSSR count). The van der Waals surface area contributed by atoms with Gasteiger partial charge in [0.15, 0.2) is 11.5 Å². The van der Waals surface area contributed by atoms with Gasteiger partial charge in [-0.15, -0.1) is 0 Å². The first-order chi connectivity index (χ1) is 19.8. The van der Waals surface area contributed by atoms with Crippen molar-refractivity contribution in [3.05, 3.63) is 100 Å². The van der Waals surface area contributed by atoms with Crippen molar-refractivity contribution in [2.45, 2.75) is 6.67 Å². The van der Waals surface area contributed by atoms with E-state index in [0.717, 1.165) is 0 Å². The molecule has 0 aliphatic carbocycles. The molecule has 3 heterocycles. The van der Waals surface area contributed by atoms with Crippen molar-refractivity contribution < 1.29 is 27.8 Å². The molecule has 0 fully saturated rings. The number of anilines is 1. The van der Waals surface area contributed by atoms with Gasteiger partial charge in [0.05, 0.1) is 31.0 Å². The van der Waals surface area contributed by atoms with Gasteiger partial charge >= 0.3 is 0 Å². The lowest BCUT2D eigenvalue weighted by Crippen LogP contribution is -2.26. The average Bonchev–Trinajstić information content (AvgIpc) is 2.98. The first-order valence-electron chi connectivity index (χ1n) is 12.3. The number of alkyl halides is 1. The van der Waals surface area contributed by atoms with Gasteiger partial charge in [0, 0.05) is 37.3 Å². The fourth-order valence-corrected chi connectivity index (χ4v) is 4.33. The summed E-state index contributed by atoms with van der Waals surface area (Å²) in [5.41, 5.74) is 0.938. The van der Waals surface area contributed by atoms with Crippen LogP contribution in [0, 0.1) is 5.82 Å². The number of aromatic nitrogens is 3. The van der Waals surface area contributed by atoms with Crippen LogP contribution in [0.5, 0.6) is 23.1 Å². The van der Waals surface area contributed by atoms with Gasteiger partial charge in [-0.3, -0.25) is 14.6 Å². The van der Waals surface area contributed by atoms with E-state index in [4.69, 9.17) is 14.2 Å². The molecule has 0 aliphatic heterocycles. The maximum absolute atomic E-state index is 13.9. The zero-order valence-electron chi connectivity index (χ0n) is 22.3. The zero-order chi connectivity index (χ0) is 29.1. The number of carbonyl (C=O) groups is 1. The van der Waals surface area contributed by atoms with E-state index in [0.29, 0.717) is 39.5 Å². The van der Waals surface area contributed by atoms with Crippen molar-refractivity contribution in [1.29, 1.82) is 0 Å². The molecule has 0 spiro atoms. The molecule has 11 heteroatoms. The predicted octanol–water partition coefficient (Wildman–Crippen LogP) is 5.67. The molecule has 0 unspecified atom stereocenters. The number of nitrogens with zero attached hydrogens (tertiary/aromatic N) is 3. The first kappa shape index (κ1) is 27.3. The number of rotatable bonds is 8. The number of benzene rings is 2. The van der Waals surface area contributed by atoms with Crippen LogP contribution < -0.4 is 25.0 Å². The largest absolute Gasteiger partial charge is 0.491 e. The van der Waals surface area contributed by atoms with E-state index in [1.54, 1.807) is 42.6 Å². The molecular weight excluding hydrogens is 534 g/mol. The number of halogens is 2. The Morgan fingerprint density at radius 1 is 1.00 bits per heavy atom. The minimum absolute atomic E-state index is 0.00108. The Kier molecular flexibility index (Phi) is 7.59. The topological polar surface area (TPSA) is 105 Å². The quantitative estimate of drug-likeness (QED) is 0.262. The summed E-state index contributed by atoms with van der Waals surface area (Å²) >= 11 is 0. The molecule has 41 heavy (non-hydrogen) atoms. The highest BCUT2D eigenvalue weighted by atomic mass is 19.1. The third-order valence-corrected chi connectivity index (χ3v) is 6.37. The third kappa shape index (κ3) is 5.42. The molecule has 0 aliphatic rings. The standard InChI is InChI=1S/C30H24F2N4O5/c1-36-16-21(28(37)26(23(36)15-31)17-4-6-18(32)7-5-17)29(38)34-19-8-10-20(11-9-19)41-24-12-13-33-22-14-25(39-2)30(40-3)35-27(22)24/h4-14,16H,15H2,1-3H3,(H,34,38). The van der Waals surface area contributed by atoms with Crippen LogP contribution in [0.3, 0.4) is 0 Å². The number of methoxy groups -OCH3 is 2. The van der Waals surface area contributed by atoms with Crippen LogP contribution in [-0.2, 0) is 13.7 Å². The van der Waals surface area contributed by atoms with Gasteiger partial charge < -0.3 is 24.1 Å². The van der Waals surface area contributed by atoms with Gasteiger partial charge in [-0.05, 0) is 42.0 Å². The second-order valence-corrected chi connectivity index (χ2v) is 8.90. The molecule has 0 atom stereocenters. The first-order valence-corrected chi connectivity index (χ1v) is 12.3. The Hall–Kier alpha value is -5.32. The summed E-state index contributed by atoms with van der Waals surface area (Å²) in [6.45, 7) is -0.940. The van der Waals surface area contributed by atoms with Crippen LogP contribution >= 0.6 is 0 Å². The SMILES string of the molecule is COc1cc2nccc(Oc3ccc(NC(=O)c4cn(C)c(CF)c(-c5ccc(F)cc5)c4=O)cc3)c2nc1OC. The number of fused-ring (bicyclic) bond motifs is 1. The molecule has 1 amide bonds. The highest BCUT2D eigenvalue weighted by Gasteiger charge is 2.21. The molecule has 0 saturated heterocycles. The molecule has 0 saturated carbocycles. The summed E-state index contributed by atoms with van der Waals surface area (Å²) in [5, 5.41) is 2.69. The summed E-state index contributed by atoms with van der Waals surface area (Å²) < 4.78 is 45.3.